The third kappa shape index (κ3) is 3.23. The smallest absolute Gasteiger partial charge is 0.229 e. The van der Waals surface area contributed by atoms with Gasteiger partial charge in [0.15, 0.2) is 5.78 Å². The van der Waals surface area contributed by atoms with Gasteiger partial charge in [-0.2, -0.15) is 0 Å². The predicted molar refractivity (Wildman–Crippen MR) is 61.5 cm³/mol. The maximum absolute atomic E-state index is 11.3. The molecule has 0 aliphatic rings. The van der Waals surface area contributed by atoms with E-state index in [1.807, 2.05) is 0 Å². The summed E-state index contributed by atoms with van der Waals surface area (Å²) in [5.74, 6) is 0.237. The predicted octanol–water partition coefficient (Wildman–Crippen LogP) is 1.27. The first-order chi connectivity index (χ1) is 7.33. The van der Waals surface area contributed by atoms with Crippen LogP contribution in [0.4, 0.5) is 5.69 Å². The third-order valence-corrected chi connectivity index (χ3v) is 2.49. The van der Waals surface area contributed by atoms with Crippen LogP contribution in [0.25, 0.3) is 0 Å². The molecule has 0 unspecified atom stereocenters. The molecule has 0 aromatic heterocycles. The molecule has 0 aliphatic heterocycles. The molecule has 1 aromatic rings. The van der Waals surface area contributed by atoms with E-state index >= 15 is 0 Å². The molecule has 0 radical (unpaired) electrons. The summed E-state index contributed by atoms with van der Waals surface area (Å²) in [6.45, 7) is 1.39. The van der Waals surface area contributed by atoms with Gasteiger partial charge in [-0.1, -0.05) is 0 Å². The Hall–Kier alpha value is -1.56. The van der Waals surface area contributed by atoms with E-state index in [2.05, 4.69) is 4.72 Å². The maximum atomic E-state index is 11.3. The lowest BCUT2D eigenvalue weighted by atomic mass is 10.1. The molecule has 0 bridgehead atoms. The van der Waals surface area contributed by atoms with Crippen molar-refractivity contribution in [2.75, 3.05) is 18.1 Å². The van der Waals surface area contributed by atoms with E-state index in [0.717, 1.165) is 6.26 Å². The lowest BCUT2D eigenvalue weighted by molar-refractivity contribution is 0.101. The number of ketones is 1. The molecular weight excluding hydrogens is 230 g/mol. The van der Waals surface area contributed by atoms with Crippen molar-refractivity contribution in [3.8, 4) is 5.75 Å². The molecule has 16 heavy (non-hydrogen) atoms. The Bertz CT molecular complexity index is 508. The number of hydrogen-bond acceptors (Lipinski definition) is 4. The van der Waals surface area contributed by atoms with Crippen molar-refractivity contribution in [2.24, 2.45) is 0 Å². The molecule has 6 heteroatoms. The van der Waals surface area contributed by atoms with Gasteiger partial charge in [0.25, 0.3) is 0 Å². The number of benzene rings is 1. The van der Waals surface area contributed by atoms with Gasteiger partial charge in [-0.05, 0) is 25.1 Å². The van der Waals surface area contributed by atoms with Crippen LogP contribution in [0.1, 0.15) is 17.3 Å². The highest BCUT2D eigenvalue weighted by Gasteiger charge is 2.10. The van der Waals surface area contributed by atoms with Gasteiger partial charge in [0.1, 0.15) is 5.75 Å². The molecular formula is C10H13NO4S. The normalized spacial score (nSPS) is 10.9. The fraction of sp³-hybridized carbons (Fsp3) is 0.300. The maximum Gasteiger partial charge on any atom is 0.229 e. The van der Waals surface area contributed by atoms with E-state index in [1.165, 1.54) is 26.2 Å². The zero-order chi connectivity index (χ0) is 12.3. The summed E-state index contributed by atoms with van der Waals surface area (Å²) in [5.41, 5.74) is 0.685. The van der Waals surface area contributed by atoms with Crippen molar-refractivity contribution < 1.29 is 17.9 Å². The SMILES string of the molecule is COc1ccc(NS(C)(=O)=O)cc1C(C)=O. The first-order valence-corrected chi connectivity index (χ1v) is 6.39. The van der Waals surface area contributed by atoms with Crippen molar-refractivity contribution in [3.63, 3.8) is 0 Å². The van der Waals surface area contributed by atoms with E-state index < -0.39 is 10.0 Å². The largest absolute Gasteiger partial charge is 0.496 e. The highest BCUT2D eigenvalue weighted by Crippen LogP contribution is 2.23. The number of anilines is 1. The van der Waals surface area contributed by atoms with Crippen LogP contribution in [0.3, 0.4) is 0 Å². The molecule has 1 rings (SSSR count). The summed E-state index contributed by atoms with van der Waals surface area (Å²) in [4.78, 5) is 11.3. The second kappa shape index (κ2) is 4.52. The summed E-state index contributed by atoms with van der Waals surface area (Å²) in [6.07, 6.45) is 1.05. The minimum absolute atomic E-state index is 0.186. The van der Waals surface area contributed by atoms with E-state index in [1.54, 1.807) is 6.07 Å². The van der Waals surface area contributed by atoms with Crippen LogP contribution in [-0.2, 0) is 10.0 Å². The van der Waals surface area contributed by atoms with Crippen molar-refractivity contribution in [2.45, 2.75) is 6.92 Å². The molecule has 0 saturated carbocycles. The number of rotatable bonds is 4. The fourth-order valence-corrected chi connectivity index (χ4v) is 1.82. The minimum atomic E-state index is -3.34. The lowest BCUT2D eigenvalue weighted by Gasteiger charge is -2.09. The van der Waals surface area contributed by atoms with Gasteiger partial charge in [0.2, 0.25) is 10.0 Å². The summed E-state index contributed by atoms with van der Waals surface area (Å²) in [6, 6.07) is 4.53. The molecule has 0 saturated heterocycles. The number of hydrogen-bond donors (Lipinski definition) is 1. The van der Waals surface area contributed by atoms with Crippen molar-refractivity contribution in [1.29, 1.82) is 0 Å². The number of ether oxygens (including phenoxy) is 1. The Labute approximate surface area is 94.5 Å². The quantitative estimate of drug-likeness (QED) is 0.808. The Balaban J connectivity index is 3.17. The summed E-state index contributed by atoms with van der Waals surface area (Å²) in [5, 5.41) is 0. The second-order valence-electron chi connectivity index (χ2n) is 3.35. The molecule has 0 fully saturated rings. The standard InChI is InChI=1S/C10H13NO4S/c1-7(12)9-6-8(11-16(3,13)14)4-5-10(9)15-2/h4-6,11H,1-3H3. The number of carbonyl (C=O) groups is 1. The second-order valence-corrected chi connectivity index (χ2v) is 5.09. The molecule has 88 valence electrons. The average molecular weight is 243 g/mol. The van der Waals surface area contributed by atoms with E-state index in [9.17, 15) is 13.2 Å². The molecule has 1 aromatic carbocycles. The summed E-state index contributed by atoms with van der Waals surface area (Å²) in [7, 11) is -1.89. The molecule has 0 amide bonds. The monoisotopic (exact) mass is 243 g/mol. The van der Waals surface area contributed by atoms with Gasteiger partial charge in [-0.25, -0.2) is 8.42 Å². The van der Waals surface area contributed by atoms with Gasteiger partial charge in [0.05, 0.1) is 18.9 Å². The van der Waals surface area contributed by atoms with Gasteiger partial charge >= 0.3 is 0 Å². The Kier molecular flexibility index (Phi) is 3.54. The number of carbonyl (C=O) groups excluding carboxylic acids is 1. The highest BCUT2D eigenvalue weighted by atomic mass is 32.2. The molecule has 1 N–H and O–H groups in total. The zero-order valence-electron chi connectivity index (χ0n) is 9.27. The average Bonchev–Trinajstić information content (AvgIpc) is 2.15. The van der Waals surface area contributed by atoms with E-state index in [4.69, 9.17) is 4.74 Å². The first kappa shape index (κ1) is 12.5. The third-order valence-electron chi connectivity index (χ3n) is 1.88. The van der Waals surface area contributed by atoms with Gasteiger partial charge in [-0.15, -0.1) is 0 Å². The number of nitrogens with one attached hydrogen (secondary N) is 1. The Morgan fingerprint density at radius 2 is 2.00 bits per heavy atom. The first-order valence-electron chi connectivity index (χ1n) is 4.50. The van der Waals surface area contributed by atoms with Gasteiger partial charge in [0, 0.05) is 5.69 Å². The molecule has 0 heterocycles. The lowest BCUT2D eigenvalue weighted by Crippen LogP contribution is -2.10. The summed E-state index contributed by atoms with van der Waals surface area (Å²) < 4.78 is 29.3. The Morgan fingerprint density at radius 1 is 1.38 bits per heavy atom. The van der Waals surface area contributed by atoms with Crippen molar-refractivity contribution >= 4 is 21.5 Å². The fourth-order valence-electron chi connectivity index (χ4n) is 1.26. The van der Waals surface area contributed by atoms with E-state index in [0.29, 0.717) is 17.0 Å². The Morgan fingerprint density at radius 3 is 2.44 bits per heavy atom. The molecule has 0 spiro atoms. The van der Waals surface area contributed by atoms with Gasteiger partial charge < -0.3 is 4.74 Å². The van der Waals surface area contributed by atoms with Crippen LogP contribution in [0, 0.1) is 0 Å². The van der Waals surface area contributed by atoms with Crippen LogP contribution in [0.15, 0.2) is 18.2 Å². The highest BCUT2D eigenvalue weighted by molar-refractivity contribution is 7.92. The number of sulfonamides is 1. The van der Waals surface area contributed by atoms with Crippen LogP contribution < -0.4 is 9.46 Å². The van der Waals surface area contributed by atoms with Crippen molar-refractivity contribution in [1.82, 2.24) is 0 Å². The number of methoxy groups -OCH3 is 1. The molecule has 5 nitrogen and oxygen atoms in total. The number of Topliss-reactive ketones (excluding diaryl/α,β-unsaturated/α-hetero) is 1. The van der Waals surface area contributed by atoms with Crippen molar-refractivity contribution in [3.05, 3.63) is 23.8 Å². The molecule has 0 atom stereocenters. The van der Waals surface area contributed by atoms with Gasteiger partial charge in [-0.3, -0.25) is 9.52 Å². The zero-order valence-corrected chi connectivity index (χ0v) is 10.1. The summed E-state index contributed by atoms with van der Waals surface area (Å²) >= 11 is 0. The van der Waals surface area contributed by atoms with Crippen LogP contribution in [0.5, 0.6) is 5.75 Å². The van der Waals surface area contributed by atoms with Crippen LogP contribution in [0.2, 0.25) is 0 Å². The topological polar surface area (TPSA) is 72.5 Å². The van der Waals surface area contributed by atoms with Crippen LogP contribution >= 0.6 is 0 Å². The molecule has 0 aliphatic carbocycles. The van der Waals surface area contributed by atoms with Crippen LogP contribution in [-0.4, -0.2) is 27.6 Å². The van der Waals surface area contributed by atoms with E-state index in [-0.39, 0.29) is 5.78 Å². The minimum Gasteiger partial charge on any atom is -0.496 e.